The third-order valence-corrected chi connectivity index (χ3v) is 15.9. The minimum absolute atomic E-state index is 0.0653. The number of hydrogen-bond donors (Lipinski definition) is 3. The first-order valence-electron chi connectivity index (χ1n) is 20.9. The van der Waals surface area contributed by atoms with Gasteiger partial charge in [-0.15, -0.1) is 0 Å². The lowest BCUT2D eigenvalue weighted by Gasteiger charge is -2.40. The van der Waals surface area contributed by atoms with E-state index in [9.17, 15) is 24.9 Å². The number of amides is 2. The van der Waals surface area contributed by atoms with E-state index in [-0.39, 0.29) is 36.2 Å². The third kappa shape index (κ3) is 12.3. The lowest BCUT2D eigenvalue weighted by atomic mass is 9.91. The maximum absolute atomic E-state index is 12.4. The van der Waals surface area contributed by atoms with Gasteiger partial charge in [0.2, 0.25) is 8.32 Å². The quantitative estimate of drug-likeness (QED) is 0.267. The zero-order chi connectivity index (χ0) is 43.6. The van der Waals surface area contributed by atoms with Gasteiger partial charge in [-0.1, -0.05) is 45.0 Å². The van der Waals surface area contributed by atoms with Crippen LogP contribution in [0.15, 0.2) is 36.4 Å². The van der Waals surface area contributed by atoms with Crippen LogP contribution in [0.3, 0.4) is 0 Å². The van der Waals surface area contributed by atoms with Gasteiger partial charge < -0.3 is 48.5 Å². The van der Waals surface area contributed by atoms with E-state index < -0.39 is 30.7 Å². The number of aromatic hydroxyl groups is 1. The van der Waals surface area contributed by atoms with Gasteiger partial charge in [-0.2, -0.15) is 0 Å². The Kier molecular flexibility index (Phi) is 14.1. The summed E-state index contributed by atoms with van der Waals surface area (Å²) in [6, 6.07) is 11.4. The first-order chi connectivity index (χ1) is 27.3. The fourth-order valence-corrected chi connectivity index (χ4v) is 7.77. The molecular formula is C44H70N4O10Si. The van der Waals surface area contributed by atoms with Gasteiger partial charge in [-0.25, -0.2) is 9.59 Å². The zero-order valence-corrected chi connectivity index (χ0v) is 38.4. The van der Waals surface area contributed by atoms with Crippen LogP contribution in [0.4, 0.5) is 9.59 Å². The molecule has 0 atom stereocenters. The lowest BCUT2D eigenvalue weighted by molar-refractivity contribution is -0.184. The molecule has 2 aromatic rings. The number of phenolic OH excluding ortho intramolecular Hbond substituents is 1. The van der Waals surface area contributed by atoms with Gasteiger partial charge in [0.15, 0.2) is 0 Å². The van der Waals surface area contributed by atoms with Crippen LogP contribution in [0.1, 0.15) is 84.6 Å². The molecule has 6 rings (SSSR count). The Labute approximate surface area is 352 Å². The second kappa shape index (κ2) is 17.9. The first kappa shape index (κ1) is 46.6. The average Bonchev–Trinajstić information content (AvgIpc) is 3.10. The topological polar surface area (TPSA) is 154 Å². The van der Waals surface area contributed by atoms with Gasteiger partial charge in [-0.05, 0) is 82.9 Å². The summed E-state index contributed by atoms with van der Waals surface area (Å²) >= 11 is 0. The van der Waals surface area contributed by atoms with E-state index in [4.69, 9.17) is 23.4 Å². The summed E-state index contributed by atoms with van der Waals surface area (Å²) in [5.41, 5.74) is 0.568. The molecule has 0 aliphatic carbocycles. The number of phenols is 1. The molecule has 0 aromatic heterocycles. The Hall–Kier alpha value is -3.44. The molecule has 0 radical (unpaired) electrons. The van der Waals surface area contributed by atoms with Crippen molar-refractivity contribution in [2.24, 2.45) is 0 Å². The molecule has 3 N–H and O–H groups in total. The SMILES string of the molecule is CC(C)(C)OC(=O)N1CCN(Cc2ccc(C3(O)COC3)cc2O)CC1.CC(C)(C)OC(=O)N1CCN(Cc2ccc(C3(O)COC3)cc2O[Si](C)(C)C(C)(C)C)CC1. The summed E-state index contributed by atoms with van der Waals surface area (Å²) in [5, 5.41) is 31.5. The number of benzene rings is 2. The Morgan fingerprint density at radius 1 is 0.644 bits per heavy atom. The van der Waals surface area contributed by atoms with Crippen molar-refractivity contribution in [1.29, 1.82) is 0 Å². The largest absolute Gasteiger partial charge is 0.543 e. The van der Waals surface area contributed by atoms with E-state index in [1.165, 1.54) is 0 Å². The first-order valence-corrected chi connectivity index (χ1v) is 23.8. The van der Waals surface area contributed by atoms with Gasteiger partial charge >= 0.3 is 12.2 Å². The molecule has 4 aliphatic heterocycles. The standard InChI is InChI=1S/C25H42N2O5Si.C19H28N2O5/c1-23(2,3)31-22(28)27-13-11-26(12-14-27)16-19-9-10-20(25(29)17-30-18-25)15-21(19)32-33(7,8)24(4,5)6;1-18(2,3)26-17(23)21-8-6-20(7-9-21)11-14-4-5-15(10-16(14)22)19(24)12-25-13-19/h9-10,15,29H,11-14,16-18H2,1-8H3;4-5,10,22,24H,6-9,11-13H2,1-3H3. The maximum Gasteiger partial charge on any atom is 0.410 e. The fourth-order valence-electron chi connectivity index (χ4n) is 6.72. The molecule has 0 saturated carbocycles. The molecular weight excluding hydrogens is 773 g/mol. The van der Waals surface area contributed by atoms with Crippen LogP contribution in [0.25, 0.3) is 0 Å². The molecule has 0 unspecified atom stereocenters. The van der Waals surface area contributed by atoms with Crippen molar-refractivity contribution >= 4 is 20.5 Å². The number of piperazine rings is 2. The highest BCUT2D eigenvalue weighted by atomic mass is 28.4. The molecule has 330 valence electrons. The molecule has 0 bridgehead atoms. The number of aliphatic hydroxyl groups is 2. The third-order valence-electron chi connectivity index (χ3n) is 11.6. The van der Waals surface area contributed by atoms with Crippen molar-refractivity contribution in [2.45, 2.75) is 116 Å². The Balaban J connectivity index is 0.000000230. The molecule has 4 heterocycles. The van der Waals surface area contributed by atoms with Gasteiger partial charge in [-0.3, -0.25) is 9.80 Å². The predicted molar refractivity (Wildman–Crippen MR) is 228 cm³/mol. The number of carbonyl (C=O) groups excluding carboxylic acids is 2. The molecule has 59 heavy (non-hydrogen) atoms. The molecule has 2 aromatic carbocycles. The van der Waals surface area contributed by atoms with Gasteiger partial charge in [0.25, 0.3) is 0 Å². The molecule has 14 nitrogen and oxygen atoms in total. The summed E-state index contributed by atoms with van der Waals surface area (Å²) in [7, 11) is -2.07. The van der Waals surface area contributed by atoms with Crippen molar-refractivity contribution < 1.29 is 48.3 Å². The maximum atomic E-state index is 12.4. The van der Waals surface area contributed by atoms with Crippen LogP contribution in [-0.2, 0) is 43.2 Å². The van der Waals surface area contributed by atoms with Crippen LogP contribution < -0.4 is 4.43 Å². The van der Waals surface area contributed by atoms with Crippen LogP contribution in [0.2, 0.25) is 18.1 Å². The fraction of sp³-hybridized carbons (Fsp3) is 0.682. The predicted octanol–water partition coefficient (Wildman–Crippen LogP) is 6.00. The zero-order valence-electron chi connectivity index (χ0n) is 37.4. The van der Waals surface area contributed by atoms with Crippen molar-refractivity contribution in [3.63, 3.8) is 0 Å². The number of rotatable bonds is 8. The molecule has 4 saturated heterocycles. The van der Waals surface area contributed by atoms with Gasteiger partial charge in [0, 0.05) is 76.6 Å². The molecule has 0 spiro atoms. The summed E-state index contributed by atoms with van der Waals surface area (Å²) < 4.78 is 28.0. The lowest BCUT2D eigenvalue weighted by Crippen LogP contribution is -2.49. The van der Waals surface area contributed by atoms with E-state index >= 15 is 0 Å². The van der Waals surface area contributed by atoms with Gasteiger partial charge in [0.05, 0.1) is 26.4 Å². The highest BCUT2D eigenvalue weighted by Crippen LogP contribution is 2.40. The molecule has 15 heteroatoms. The minimum atomic E-state index is -2.07. The van der Waals surface area contributed by atoms with E-state index in [0.29, 0.717) is 51.5 Å². The average molecular weight is 843 g/mol. The smallest absolute Gasteiger partial charge is 0.410 e. The van der Waals surface area contributed by atoms with Crippen LogP contribution in [0, 0.1) is 0 Å². The molecule has 4 aliphatic rings. The Morgan fingerprint density at radius 3 is 1.39 bits per heavy atom. The Morgan fingerprint density at radius 2 is 1.03 bits per heavy atom. The summed E-state index contributed by atoms with van der Waals surface area (Å²) in [5.74, 6) is 1.03. The minimum Gasteiger partial charge on any atom is -0.543 e. The van der Waals surface area contributed by atoms with Crippen molar-refractivity contribution in [2.75, 3.05) is 78.8 Å². The van der Waals surface area contributed by atoms with E-state index in [0.717, 1.165) is 55.2 Å². The second-order valence-corrected chi connectivity index (χ2v) is 24.8. The van der Waals surface area contributed by atoms with Crippen molar-refractivity contribution in [3.8, 4) is 11.5 Å². The summed E-state index contributed by atoms with van der Waals surface area (Å²) in [6.07, 6.45) is -0.523. The molecule has 4 fully saturated rings. The number of ether oxygens (including phenoxy) is 4. The normalized spacial score (nSPS) is 20.1. The van der Waals surface area contributed by atoms with Crippen molar-refractivity contribution in [1.82, 2.24) is 19.6 Å². The summed E-state index contributed by atoms with van der Waals surface area (Å²) in [6.45, 7) is 30.4. The monoisotopic (exact) mass is 842 g/mol. The number of nitrogens with zero attached hydrogens (tertiary/aromatic N) is 4. The number of carbonyl (C=O) groups is 2. The van der Waals surface area contributed by atoms with Crippen LogP contribution in [0.5, 0.6) is 11.5 Å². The van der Waals surface area contributed by atoms with E-state index in [1.807, 2.05) is 65.8 Å². The van der Waals surface area contributed by atoms with E-state index in [1.54, 1.807) is 15.9 Å². The highest BCUT2D eigenvalue weighted by molar-refractivity contribution is 6.74. The van der Waals surface area contributed by atoms with Crippen LogP contribution in [-0.4, -0.2) is 145 Å². The summed E-state index contributed by atoms with van der Waals surface area (Å²) in [4.78, 5) is 32.5. The van der Waals surface area contributed by atoms with Crippen molar-refractivity contribution in [3.05, 3.63) is 58.7 Å². The van der Waals surface area contributed by atoms with Gasteiger partial charge in [0.1, 0.15) is 33.9 Å². The Bertz CT molecular complexity index is 1760. The second-order valence-electron chi connectivity index (χ2n) is 20.1. The molecule has 2 amide bonds. The number of hydrogen-bond acceptors (Lipinski definition) is 12. The van der Waals surface area contributed by atoms with E-state index in [2.05, 4.69) is 49.7 Å². The highest BCUT2D eigenvalue weighted by Gasteiger charge is 2.42. The van der Waals surface area contributed by atoms with Crippen LogP contribution >= 0.6 is 0 Å².